The minimum absolute atomic E-state index is 0.0476. The van der Waals surface area contributed by atoms with Crippen LogP contribution in [0.15, 0.2) is 17.9 Å². The summed E-state index contributed by atoms with van der Waals surface area (Å²) in [4.78, 5) is 41.3. The van der Waals surface area contributed by atoms with Crippen LogP contribution in [0.25, 0.3) is 0 Å². The molecule has 0 bridgehead atoms. The van der Waals surface area contributed by atoms with Gasteiger partial charge in [0.1, 0.15) is 17.8 Å². The first-order valence-electron chi connectivity index (χ1n) is 9.92. The number of nitrogens with one attached hydrogen (secondary N) is 2. The molecule has 1 fully saturated rings. The van der Waals surface area contributed by atoms with Crippen LogP contribution in [-0.2, 0) is 17.8 Å². The number of aliphatic hydroxyl groups excluding tert-OH is 1. The molecule has 2 amide bonds. The number of aliphatic hydroxyl groups is 1. The van der Waals surface area contributed by atoms with Crippen LogP contribution in [0, 0.1) is 0 Å². The highest BCUT2D eigenvalue weighted by Crippen LogP contribution is 2.21. The average Bonchev–Trinajstić information content (AvgIpc) is 3.16. The summed E-state index contributed by atoms with van der Waals surface area (Å²) in [6.45, 7) is 5.05. The van der Waals surface area contributed by atoms with Crippen LogP contribution in [0.4, 0.5) is 5.82 Å². The van der Waals surface area contributed by atoms with Crippen molar-refractivity contribution in [2.75, 3.05) is 38.0 Å². The largest absolute Gasteiger partial charge is 0.390 e. The van der Waals surface area contributed by atoms with Crippen molar-refractivity contribution in [2.45, 2.75) is 32.0 Å². The van der Waals surface area contributed by atoms with Crippen molar-refractivity contribution in [1.29, 1.82) is 0 Å². The molecule has 11 heteroatoms. The lowest BCUT2D eigenvalue weighted by Crippen LogP contribution is -2.56. The second kappa shape index (κ2) is 9.02. The lowest BCUT2D eigenvalue weighted by atomic mass is 10.1. The van der Waals surface area contributed by atoms with E-state index in [9.17, 15) is 14.7 Å². The van der Waals surface area contributed by atoms with Gasteiger partial charge in [-0.25, -0.2) is 15.0 Å². The lowest BCUT2D eigenvalue weighted by molar-refractivity contribution is -0.132. The van der Waals surface area contributed by atoms with E-state index in [1.165, 1.54) is 11.2 Å². The molecule has 2 aliphatic rings. The SMILES string of the molecule is CC(=O)N1CC(Nc2cc(C(=O)NCC(O)CN3CCc4ncsc4C3)ncn2)C1. The summed E-state index contributed by atoms with van der Waals surface area (Å²) < 4.78 is 0. The molecule has 1 atom stereocenters. The monoisotopic (exact) mass is 431 g/mol. The van der Waals surface area contributed by atoms with Crippen molar-refractivity contribution >= 4 is 29.0 Å². The number of thiazole rings is 1. The quantitative estimate of drug-likeness (QED) is 0.547. The zero-order valence-corrected chi connectivity index (χ0v) is 17.6. The standard InChI is InChI=1S/C19H25N7O3S/c1-12(27)26-6-13(7-26)24-18-4-16(21-10-22-18)19(29)20-5-14(28)8-25-3-2-15-17(9-25)30-11-23-15/h4,10-11,13-14,28H,2-3,5-9H2,1H3,(H,20,29)(H,21,22,24). The first kappa shape index (κ1) is 20.6. The molecule has 0 aromatic carbocycles. The Morgan fingerprint density at radius 1 is 1.33 bits per heavy atom. The van der Waals surface area contributed by atoms with Gasteiger partial charge in [0.2, 0.25) is 5.91 Å². The molecule has 0 saturated carbocycles. The van der Waals surface area contributed by atoms with Gasteiger partial charge in [0, 0.05) is 63.6 Å². The fraction of sp³-hybridized carbons (Fsp3) is 0.526. The Hall–Kier alpha value is -2.63. The number of β-amino-alcohol motifs (C(OH)–C–C–N with tert-alkyl or cyclic N) is 1. The third-order valence-corrected chi connectivity index (χ3v) is 6.16. The number of anilines is 1. The van der Waals surface area contributed by atoms with E-state index < -0.39 is 6.10 Å². The molecule has 30 heavy (non-hydrogen) atoms. The Bertz CT molecular complexity index is 915. The van der Waals surface area contributed by atoms with Gasteiger partial charge >= 0.3 is 0 Å². The Morgan fingerprint density at radius 3 is 2.97 bits per heavy atom. The van der Waals surface area contributed by atoms with Gasteiger partial charge in [-0.1, -0.05) is 0 Å². The Morgan fingerprint density at radius 2 is 2.17 bits per heavy atom. The molecule has 4 rings (SSSR count). The number of hydrogen-bond acceptors (Lipinski definition) is 9. The number of hydrogen-bond donors (Lipinski definition) is 3. The maximum absolute atomic E-state index is 12.4. The molecule has 2 aromatic rings. The summed E-state index contributed by atoms with van der Waals surface area (Å²) in [6, 6.07) is 1.69. The number of rotatable bonds is 7. The fourth-order valence-corrected chi connectivity index (χ4v) is 4.44. The van der Waals surface area contributed by atoms with E-state index in [1.807, 2.05) is 5.51 Å². The lowest BCUT2D eigenvalue weighted by Gasteiger charge is -2.39. The topological polar surface area (TPSA) is 124 Å². The molecule has 2 aromatic heterocycles. The zero-order chi connectivity index (χ0) is 21.1. The molecule has 160 valence electrons. The summed E-state index contributed by atoms with van der Waals surface area (Å²) in [7, 11) is 0. The molecule has 1 unspecified atom stereocenters. The molecular formula is C19H25N7O3S. The van der Waals surface area contributed by atoms with E-state index >= 15 is 0 Å². The van der Waals surface area contributed by atoms with Gasteiger partial charge in [-0.3, -0.25) is 14.5 Å². The van der Waals surface area contributed by atoms with E-state index in [0.717, 1.165) is 25.2 Å². The number of nitrogens with zero attached hydrogens (tertiary/aromatic N) is 5. The predicted octanol–water partition coefficient (Wildman–Crippen LogP) is -0.275. The highest BCUT2D eigenvalue weighted by atomic mass is 32.1. The van der Waals surface area contributed by atoms with Crippen LogP contribution in [0.3, 0.4) is 0 Å². The van der Waals surface area contributed by atoms with Gasteiger partial charge in [-0.15, -0.1) is 11.3 Å². The van der Waals surface area contributed by atoms with E-state index in [1.54, 1.807) is 29.2 Å². The third kappa shape index (κ3) is 4.91. The number of likely N-dealkylation sites (tertiary alicyclic amines) is 1. The molecule has 4 heterocycles. The molecule has 2 aliphatic heterocycles. The smallest absolute Gasteiger partial charge is 0.270 e. The number of carbonyl (C=O) groups excluding carboxylic acids is 2. The van der Waals surface area contributed by atoms with Crippen LogP contribution in [-0.4, -0.2) is 86.5 Å². The number of carbonyl (C=O) groups is 2. The molecule has 3 N–H and O–H groups in total. The minimum Gasteiger partial charge on any atom is -0.390 e. The summed E-state index contributed by atoms with van der Waals surface area (Å²) in [5, 5.41) is 16.3. The van der Waals surface area contributed by atoms with Crippen molar-refractivity contribution in [3.05, 3.63) is 34.2 Å². The molecule has 0 aliphatic carbocycles. The van der Waals surface area contributed by atoms with Gasteiger partial charge in [0.15, 0.2) is 0 Å². The summed E-state index contributed by atoms with van der Waals surface area (Å²) >= 11 is 1.64. The molecule has 0 spiro atoms. The highest BCUT2D eigenvalue weighted by molar-refractivity contribution is 7.09. The van der Waals surface area contributed by atoms with Crippen molar-refractivity contribution < 1.29 is 14.7 Å². The number of aromatic nitrogens is 3. The summed E-state index contributed by atoms with van der Waals surface area (Å²) in [6.07, 6.45) is 1.55. The minimum atomic E-state index is -0.671. The maximum atomic E-state index is 12.4. The zero-order valence-electron chi connectivity index (χ0n) is 16.7. The van der Waals surface area contributed by atoms with E-state index in [2.05, 4.69) is 30.5 Å². The molecule has 0 radical (unpaired) electrons. The van der Waals surface area contributed by atoms with E-state index in [-0.39, 0.29) is 30.1 Å². The maximum Gasteiger partial charge on any atom is 0.270 e. The normalized spacial score (nSPS) is 17.7. The van der Waals surface area contributed by atoms with Crippen LogP contribution in [0.2, 0.25) is 0 Å². The predicted molar refractivity (Wildman–Crippen MR) is 111 cm³/mol. The summed E-state index contributed by atoms with van der Waals surface area (Å²) in [5.41, 5.74) is 3.25. The van der Waals surface area contributed by atoms with Crippen molar-refractivity contribution in [2.24, 2.45) is 0 Å². The van der Waals surface area contributed by atoms with Crippen molar-refractivity contribution in [3.8, 4) is 0 Å². The van der Waals surface area contributed by atoms with Gasteiger partial charge < -0.3 is 20.6 Å². The van der Waals surface area contributed by atoms with Crippen LogP contribution in [0.5, 0.6) is 0 Å². The van der Waals surface area contributed by atoms with Gasteiger partial charge in [0.05, 0.1) is 23.4 Å². The highest BCUT2D eigenvalue weighted by Gasteiger charge is 2.28. The van der Waals surface area contributed by atoms with E-state index in [4.69, 9.17) is 0 Å². The second-order valence-electron chi connectivity index (χ2n) is 7.62. The Labute approximate surface area is 178 Å². The first-order valence-corrected chi connectivity index (χ1v) is 10.8. The van der Waals surface area contributed by atoms with Gasteiger partial charge in [-0.05, 0) is 0 Å². The second-order valence-corrected chi connectivity index (χ2v) is 8.56. The molecule has 1 saturated heterocycles. The first-order chi connectivity index (χ1) is 14.5. The van der Waals surface area contributed by atoms with Crippen LogP contribution < -0.4 is 10.6 Å². The summed E-state index contributed by atoms with van der Waals surface area (Å²) in [5.74, 6) is 0.228. The third-order valence-electron chi connectivity index (χ3n) is 5.30. The van der Waals surface area contributed by atoms with Crippen LogP contribution in [0.1, 0.15) is 28.0 Å². The number of fused-ring (bicyclic) bond motifs is 1. The number of amides is 2. The average molecular weight is 432 g/mol. The molecule has 10 nitrogen and oxygen atoms in total. The van der Waals surface area contributed by atoms with Gasteiger partial charge in [-0.2, -0.15) is 0 Å². The van der Waals surface area contributed by atoms with Crippen LogP contribution >= 0.6 is 11.3 Å². The van der Waals surface area contributed by atoms with Gasteiger partial charge in [0.25, 0.3) is 5.91 Å². The fourth-order valence-electron chi connectivity index (χ4n) is 3.59. The van der Waals surface area contributed by atoms with Crippen molar-refractivity contribution in [1.82, 2.24) is 30.1 Å². The van der Waals surface area contributed by atoms with E-state index in [0.29, 0.717) is 25.5 Å². The molecular weight excluding hydrogens is 406 g/mol. The Kier molecular flexibility index (Phi) is 6.21. The Balaban J connectivity index is 1.22. The van der Waals surface area contributed by atoms with Crippen molar-refractivity contribution in [3.63, 3.8) is 0 Å².